The fourth-order valence-electron chi connectivity index (χ4n) is 3.42. The first-order valence-corrected chi connectivity index (χ1v) is 9.81. The van der Waals surface area contributed by atoms with Crippen molar-refractivity contribution in [3.63, 3.8) is 0 Å². The number of hydrogen-bond donors (Lipinski definition) is 3. The summed E-state index contributed by atoms with van der Waals surface area (Å²) >= 11 is 0. The lowest BCUT2D eigenvalue weighted by atomic mass is 9.88. The predicted molar refractivity (Wildman–Crippen MR) is 114 cm³/mol. The van der Waals surface area contributed by atoms with Crippen LogP contribution in [0.3, 0.4) is 0 Å². The van der Waals surface area contributed by atoms with Gasteiger partial charge in [-0.15, -0.1) is 0 Å². The van der Waals surface area contributed by atoms with Crippen LogP contribution in [0, 0.1) is 0 Å². The Bertz CT molecular complexity index is 783. The molecule has 3 N–H and O–H groups in total. The summed E-state index contributed by atoms with van der Waals surface area (Å²) in [6.45, 7) is 1.56. The number of carbonyl (C=O) groups excluding carboxylic acids is 2. The molecule has 1 heterocycles. The first-order chi connectivity index (χ1) is 14.2. The van der Waals surface area contributed by atoms with Gasteiger partial charge in [-0.2, -0.15) is 0 Å². The van der Waals surface area contributed by atoms with E-state index in [-0.39, 0.29) is 24.4 Å². The molecule has 1 aliphatic heterocycles. The lowest BCUT2D eigenvalue weighted by Crippen LogP contribution is -2.43. The first-order valence-electron chi connectivity index (χ1n) is 9.81. The van der Waals surface area contributed by atoms with Gasteiger partial charge in [-0.1, -0.05) is 60.7 Å². The summed E-state index contributed by atoms with van der Waals surface area (Å²) in [5.41, 5.74) is 2.56. The maximum absolute atomic E-state index is 11.6. The number of benzene rings is 2. The van der Waals surface area contributed by atoms with Gasteiger partial charge in [-0.05, 0) is 17.5 Å². The monoisotopic (exact) mass is 393 g/mol. The van der Waals surface area contributed by atoms with Gasteiger partial charge in [0.25, 0.3) is 0 Å². The molecule has 0 unspecified atom stereocenters. The highest BCUT2D eigenvalue weighted by Gasteiger charge is 2.27. The topological polar surface area (TPSA) is 85.8 Å². The van der Waals surface area contributed by atoms with Crippen LogP contribution in [0.15, 0.2) is 65.7 Å². The second-order valence-corrected chi connectivity index (χ2v) is 6.79. The minimum absolute atomic E-state index is 0.0756. The van der Waals surface area contributed by atoms with Crippen LogP contribution in [0.1, 0.15) is 23.5 Å². The molecule has 29 heavy (non-hydrogen) atoms. The maximum Gasteiger partial charge on any atom is 0.324 e. The Labute approximate surface area is 171 Å². The second kappa shape index (κ2) is 10.3. The standard InChI is InChI=1S/C22H27N5O2/c1-23-21(25-14-15-27-20(28)16-26-22(27)29)24-13-12-19(17-8-4-2-5-9-17)18-10-6-3-7-11-18/h2-11,19H,12-16H2,1H3,(H,26,29)(H2,23,24,25). The molecule has 0 saturated carbocycles. The van der Waals surface area contributed by atoms with E-state index >= 15 is 0 Å². The van der Waals surface area contributed by atoms with Crippen LogP contribution in [0.25, 0.3) is 0 Å². The first kappa shape index (κ1) is 20.4. The van der Waals surface area contributed by atoms with Crippen molar-refractivity contribution < 1.29 is 9.59 Å². The van der Waals surface area contributed by atoms with Gasteiger partial charge in [0.15, 0.2) is 5.96 Å². The number of nitrogens with zero attached hydrogens (tertiary/aromatic N) is 2. The molecule has 0 atom stereocenters. The quantitative estimate of drug-likeness (QED) is 0.363. The summed E-state index contributed by atoms with van der Waals surface area (Å²) in [7, 11) is 1.70. The molecular weight excluding hydrogens is 366 g/mol. The van der Waals surface area contributed by atoms with Gasteiger partial charge in [0.05, 0.1) is 6.54 Å². The molecule has 1 fully saturated rings. The molecule has 0 aliphatic carbocycles. The normalized spacial score (nSPS) is 14.3. The molecular formula is C22H27N5O2. The van der Waals surface area contributed by atoms with Crippen molar-refractivity contribution in [3.05, 3.63) is 71.8 Å². The van der Waals surface area contributed by atoms with E-state index in [1.165, 1.54) is 16.0 Å². The van der Waals surface area contributed by atoms with Crippen molar-refractivity contribution in [1.29, 1.82) is 0 Å². The molecule has 1 saturated heterocycles. The molecule has 152 valence electrons. The molecule has 2 aromatic rings. The molecule has 0 radical (unpaired) electrons. The zero-order valence-electron chi connectivity index (χ0n) is 16.6. The zero-order chi connectivity index (χ0) is 20.5. The van der Waals surface area contributed by atoms with Crippen molar-refractivity contribution in [2.45, 2.75) is 12.3 Å². The van der Waals surface area contributed by atoms with Gasteiger partial charge in [-0.3, -0.25) is 14.7 Å². The van der Waals surface area contributed by atoms with Gasteiger partial charge < -0.3 is 16.0 Å². The summed E-state index contributed by atoms with van der Waals surface area (Å²) in [5.74, 6) is 0.735. The number of hydrogen-bond acceptors (Lipinski definition) is 3. The van der Waals surface area contributed by atoms with E-state index in [2.05, 4.69) is 69.5 Å². The third kappa shape index (κ3) is 5.57. The van der Waals surface area contributed by atoms with E-state index in [9.17, 15) is 9.59 Å². The Hall–Kier alpha value is -3.35. The zero-order valence-corrected chi connectivity index (χ0v) is 16.6. The molecule has 3 rings (SSSR count). The van der Waals surface area contributed by atoms with Crippen LogP contribution in [-0.2, 0) is 4.79 Å². The van der Waals surface area contributed by atoms with Crippen molar-refractivity contribution in [2.75, 3.05) is 33.2 Å². The molecule has 0 bridgehead atoms. The van der Waals surface area contributed by atoms with E-state index in [0.29, 0.717) is 19.0 Å². The lowest BCUT2D eigenvalue weighted by molar-refractivity contribution is -0.124. The highest BCUT2D eigenvalue weighted by Crippen LogP contribution is 2.27. The highest BCUT2D eigenvalue weighted by molar-refractivity contribution is 6.01. The molecule has 0 spiro atoms. The average molecular weight is 393 g/mol. The highest BCUT2D eigenvalue weighted by atomic mass is 16.2. The third-order valence-corrected chi connectivity index (χ3v) is 4.92. The van der Waals surface area contributed by atoms with Crippen LogP contribution < -0.4 is 16.0 Å². The van der Waals surface area contributed by atoms with Crippen LogP contribution in [0.4, 0.5) is 4.79 Å². The van der Waals surface area contributed by atoms with E-state index in [1.54, 1.807) is 7.05 Å². The molecule has 0 aromatic heterocycles. The molecule has 3 amide bonds. The maximum atomic E-state index is 11.6. The summed E-state index contributed by atoms with van der Waals surface area (Å²) in [5, 5.41) is 8.99. The smallest absolute Gasteiger partial charge is 0.324 e. The van der Waals surface area contributed by atoms with Crippen molar-refractivity contribution in [3.8, 4) is 0 Å². The van der Waals surface area contributed by atoms with Gasteiger partial charge in [0.2, 0.25) is 5.91 Å². The summed E-state index contributed by atoms with van der Waals surface area (Å²) in [6, 6.07) is 20.6. The minimum atomic E-state index is -0.340. The Balaban J connectivity index is 1.51. The van der Waals surface area contributed by atoms with Gasteiger partial charge in [0.1, 0.15) is 0 Å². The van der Waals surface area contributed by atoms with Crippen molar-refractivity contribution >= 4 is 17.9 Å². The summed E-state index contributed by atoms with van der Waals surface area (Å²) in [4.78, 5) is 28.6. The van der Waals surface area contributed by atoms with E-state index in [0.717, 1.165) is 13.0 Å². The van der Waals surface area contributed by atoms with Crippen LogP contribution >= 0.6 is 0 Å². The minimum Gasteiger partial charge on any atom is -0.356 e. The van der Waals surface area contributed by atoms with Crippen molar-refractivity contribution in [2.24, 2.45) is 4.99 Å². The number of carbonyl (C=O) groups is 2. The number of imide groups is 1. The van der Waals surface area contributed by atoms with E-state index in [4.69, 9.17) is 0 Å². The van der Waals surface area contributed by atoms with Crippen LogP contribution in [0.2, 0.25) is 0 Å². The molecule has 7 heteroatoms. The fourth-order valence-corrected chi connectivity index (χ4v) is 3.42. The van der Waals surface area contributed by atoms with Gasteiger partial charge in [0, 0.05) is 32.6 Å². The number of urea groups is 1. The number of nitrogens with one attached hydrogen (secondary N) is 3. The second-order valence-electron chi connectivity index (χ2n) is 6.79. The predicted octanol–water partition coefficient (Wildman–Crippen LogP) is 1.93. The number of amides is 3. The van der Waals surface area contributed by atoms with Crippen LogP contribution in [0.5, 0.6) is 0 Å². The summed E-state index contributed by atoms with van der Waals surface area (Å²) < 4.78 is 0. The Morgan fingerprint density at radius 3 is 2.10 bits per heavy atom. The number of guanidine groups is 1. The van der Waals surface area contributed by atoms with Crippen LogP contribution in [-0.4, -0.2) is 56.0 Å². The summed E-state index contributed by atoms with van der Waals surface area (Å²) in [6.07, 6.45) is 0.905. The Kier molecular flexibility index (Phi) is 7.22. The van der Waals surface area contributed by atoms with Crippen molar-refractivity contribution in [1.82, 2.24) is 20.9 Å². The molecule has 7 nitrogen and oxygen atoms in total. The SMILES string of the molecule is CN=C(NCCC(c1ccccc1)c1ccccc1)NCCN1C(=O)CNC1=O. The van der Waals surface area contributed by atoms with E-state index in [1.807, 2.05) is 12.1 Å². The average Bonchev–Trinajstić information content (AvgIpc) is 3.08. The van der Waals surface area contributed by atoms with E-state index < -0.39 is 0 Å². The van der Waals surface area contributed by atoms with Gasteiger partial charge >= 0.3 is 6.03 Å². The molecule has 2 aromatic carbocycles. The fraction of sp³-hybridized carbons (Fsp3) is 0.318. The molecule has 1 aliphatic rings. The lowest BCUT2D eigenvalue weighted by Gasteiger charge is -2.20. The van der Waals surface area contributed by atoms with Gasteiger partial charge in [-0.25, -0.2) is 4.79 Å². The Morgan fingerprint density at radius 2 is 1.59 bits per heavy atom. The number of aliphatic imine (C=N–C) groups is 1. The largest absolute Gasteiger partial charge is 0.356 e. The Morgan fingerprint density at radius 1 is 1.00 bits per heavy atom. The number of rotatable bonds is 8. The third-order valence-electron chi connectivity index (χ3n) is 4.92.